The van der Waals surface area contributed by atoms with E-state index >= 15 is 0 Å². The minimum atomic E-state index is -0.0251. The summed E-state index contributed by atoms with van der Waals surface area (Å²) in [6.07, 6.45) is 19.4. The van der Waals surface area contributed by atoms with Gasteiger partial charge in [-0.25, -0.2) is 0 Å². The molecule has 0 aliphatic carbocycles. The summed E-state index contributed by atoms with van der Waals surface area (Å²) < 4.78 is 6.21. The van der Waals surface area contributed by atoms with E-state index in [9.17, 15) is 4.79 Å². The molecule has 0 fully saturated rings. The molecule has 0 bridgehead atoms. The maximum absolute atomic E-state index is 12.6. The fraction of sp³-hybridized carbons (Fsp3) is 0.774. The van der Waals surface area contributed by atoms with Gasteiger partial charge in [-0.3, -0.25) is 4.79 Å². The number of amides is 1. The summed E-state index contributed by atoms with van der Waals surface area (Å²) in [6, 6.07) is 8.17. The second-order valence-electron chi connectivity index (χ2n) is 10.4. The van der Waals surface area contributed by atoms with Crippen molar-refractivity contribution in [3.63, 3.8) is 0 Å². The molecule has 1 aromatic rings. The van der Waals surface area contributed by atoms with Gasteiger partial charge in [0, 0.05) is 24.7 Å². The van der Waals surface area contributed by atoms with Crippen LogP contribution < -0.4 is 15.4 Å². The van der Waals surface area contributed by atoms with Crippen molar-refractivity contribution in [3.8, 4) is 5.75 Å². The first-order valence-electron chi connectivity index (χ1n) is 14.8. The Morgan fingerprint density at radius 1 is 0.800 bits per heavy atom. The molecule has 1 rings (SSSR count). The second kappa shape index (κ2) is 21.7. The summed E-state index contributed by atoms with van der Waals surface area (Å²) in [5.41, 5.74) is 0.678. The SMILES string of the molecule is CCCCCCCC(CCCCCC)COc1cccc(C(=O)NCCN[C@@H](C)CCCCC)c1. The number of nitrogens with one attached hydrogen (secondary N) is 2. The predicted molar refractivity (Wildman–Crippen MR) is 152 cm³/mol. The highest BCUT2D eigenvalue weighted by molar-refractivity contribution is 5.94. The molecule has 2 atom stereocenters. The first-order valence-corrected chi connectivity index (χ1v) is 14.8. The van der Waals surface area contributed by atoms with Gasteiger partial charge in [0.1, 0.15) is 5.75 Å². The molecular formula is C31H56N2O2. The van der Waals surface area contributed by atoms with Crippen LogP contribution in [0.2, 0.25) is 0 Å². The van der Waals surface area contributed by atoms with Gasteiger partial charge in [-0.1, -0.05) is 104 Å². The Balaban J connectivity index is 2.43. The lowest BCUT2D eigenvalue weighted by molar-refractivity contribution is 0.0953. The quantitative estimate of drug-likeness (QED) is 0.152. The second-order valence-corrected chi connectivity index (χ2v) is 10.4. The maximum atomic E-state index is 12.6. The summed E-state index contributed by atoms with van der Waals surface area (Å²) in [5.74, 6) is 1.39. The Labute approximate surface area is 217 Å². The summed E-state index contributed by atoms with van der Waals surface area (Å²) in [6.45, 7) is 11.2. The molecular weight excluding hydrogens is 432 g/mol. The van der Waals surface area contributed by atoms with Gasteiger partial charge in [0.05, 0.1) is 6.61 Å². The third-order valence-electron chi connectivity index (χ3n) is 6.91. The van der Waals surface area contributed by atoms with Crippen LogP contribution in [0.1, 0.15) is 134 Å². The van der Waals surface area contributed by atoms with E-state index in [0.29, 0.717) is 24.1 Å². The van der Waals surface area contributed by atoms with Crippen LogP contribution in [0.25, 0.3) is 0 Å². The van der Waals surface area contributed by atoms with Crippen LogP contribution in [0, 0.1) is 5.92 Å². The van der Waals surface area contributed by atoms with Crippen LogP contribution in [0.5, 0.6) is 5.75 Å². The molecule has 1 aromatic carbocycles. The van der Waals surface area contributed by atoms with Crippen LogP contribution in [0.15, 0.2) is 24.3 Å². The van der Waals surface area contributed by atoms with E-state index in [1.54, 1.807) is 0 Å². The van der Waals surface area contributed by atoms with E-state index < -0.39 is 0 Å². The lowest BCUT2D eigenvalue weighted by Crippen LogP contribution is -2.35. The number of carbonyl (C=O) groups excluding carboxylic acids is 1. The monoisotopic (exact) mass is 488 g/mol. The van der Waals surface area contributed by atoms with Crippen LogP contribution in [-0.2, 0) is 0 Å². The molecule has 0 saturated heterocycles. The number of rotatable bonds is 23. The van der Waals surface area contributed by atoms with Gasteiger partial charge < -0.3 is 15.4 Å². The topological polar surface area (TPSA) is 50.4 Å². The molecule has 4 nitrogen and oxygen atoms in total. The molecule has 35 heavy (non-hydrogen) atoms. The van der Waals surface area contributed by atoms with Crippen molar-refractivity contribution in [1.82, 2.24) is 10.6 Å². The van der Waals surface area contributed by atoms with Crippen LogP contribution in [0.4, 0.5) is 0 Å². The minimum Gasteiger partial charge on any atom is -0.493 e. The molecule has 202 valence electrons. The van der Waals surface area contributed by atoms with E-state index in [0.717, 1.165) is 18.9 Å². The predicted octanol–water partition coefficient (Wildman–Crippen LogP) is 8.30. The summed E-state index contributed by atoms with van der Waals surface area (Å²) in [4.78, 5) is 12.6. The van der Waals surface area contributed by atoms with E-state index in [1.807, 2.05) is 24.3 Å². The largest absolute Gasteiger partial charge is 0.493 e. The highest BCUT2D eigenvalue weighted by atomic mass is 16.5. The van der Waals surface area contributed by atoms with Crippen molar-refractivity contribution in [1.29, 1.82) is 0 Å². The molecule has 0 radical (unpaired) electrons. The molecule has 2 N–H and O–H groups in total. The lowest BCUT2D eigenvalue weighted by atomic mass is 9.95. The average Bonchev–Trinajstić information content (AvgIpc) is 2.87. The van der Waals surface area contributed by atoms with Crippen molar-refractivity contribution >= 4 is 5.91 Å². The zero-order valence-electron chi connectivity index (χ0n) is 23.5. The van der Waals surface area contributed by atoms with Crippen LogP contribution in [-0.4, -0.2) is 31.6 Å². The Hall–Kier alpha value is -1.55. The Morgan fingerprint density at radius 3 is 2.09 bits per heavy atom. The zero-order chi connectivity index (χ0) is 25.6. The van der Waals surface area contributed by atoms with E-state index in [1.165, 1.54) is 96.3 Å². The van der Waals surface area contributed by atoms with Crippen molar-refractivity contribution < 1.29 is 9.53 Å². The van der Waals surface area contributed by atoms with Gasteiger partial charge >= 0.3 is 0 Å². The number of carbonyl (C=O) groups is 1. The number of benzene rings is 1. The van der Waals surface area contributed by atoms with Crippen molar-refractivity contribution in [3.05, 3.63) is 29.8 Å². The fourth-order valence-electron chi connectivity index (χ4n) is 4.55. The van der Waals surface area contributed by atoms with Gasteiger partial charge in [0.15, 0.2) is 0 Å². The van der Waals surface area contributed by atoms with E-state index in [-0.39, 0.29) is 5.91 Å². The molecule has 1 unspecified atom stereocenters. The Kier molecular flexibility index (Phi) is 19.5. The van der Waals surface area contributed by atoms with Crippen molar-refractivity contribution in [2.75, 3.05) is 19.7 Å². The van der Waals surface area contributed by atoms with Gasteiger partial charge in [-0.15, -0.1) is 0 Å². The lowest BCUT2D eigenvalue weighted by Gasteiger charge is -2.18. The first-order chi connectivity index (χ1) is 17.1. The molecule has 0 aromatic heterocycles. The summed E-state index contributed by atoms with van der Waals surface area (Å²) >= 11 is 0. The standard InChI is InChI=1S/C31H56N2O2/c1-5-8-11-13-16-20-28(19-15-12-9-6-2)26-35-30-22-17-21-29(25-30)31(34)33-24-23-32-27(4)18-14-10-7-3/h17,21-22,25,27-28,32H,5-16,18-20,23-24,26H2,1-4H3,(H,33,34)/t27-,28?/m0/s1. The van der Waals surface area contributed by atoms with E-state index in [2.05, 4.69) is 38.3 Å². The highest BCUT2D eigenvalue weighted by Gasteiger charge is 2.12. The molecule has 4 heteroatoms. The van der Waals surface area contributed by atoms with Crippen LogP contribution in [0.3, 0.4) is 0 Å². The molecule has 0 heterocycles. The number of hydrogen-bond donors (Lipinski definition) is 2. The Morgan fingerprint density at radius 2 is 1.40 bits per heavy atom. The third kappa shape index (κ3) is 16.7. The van der Waals surface area contributed by atoms with Crippen molar-refractivity contribution in [2.24, 2.45) is 5.92 Å². The Bertz CT molecular complexity index is 634. The summed E-state index contributed by atoms with van der Waals surface area (Å²) in [5, 5.41) is 6.55. The van der Waals surface area contributed by atoms with Gasteiger partial charge in [0.2, 0.25) is 0 Å². The van der Waals surface area contributed by atoms with Gasteiger partial charge in [-0.2, -0.15) is 0 Å². The molecule has 0 aliphatic heterocycles. The molecule has 0 aliphatic rings. The average molecular weight is 489 g/mol. The highest BCUT2D eigenvalue weighted by Crippen LogP contribution is 2.21. The molecule has 1 amide bonds. The molecule has 0 saturated carbocycles. The normalized spacial score (nSPS) is 12.9. The fourth-order valence-corrected chi connectivity index (χ4v) is 4.55. The number of unbranched alkanes of at least 4 members (excludes halogenated alkanes) is 9. The van der Waals surface area contributed by atoms with Gasteiger partial charge in [0.25, 0.3) is 5.91 Å². The first kappa shape index (κ1) is 31.5. The van der Waals surface area contributed by atoms with Gasteiger partial charge in [-0.05, 0) is 50.3 Å². The van der Waals surface area contributed by atoms with Crippen molar-refractivity contribution in [2.45, 2.75) is 130 Å². The zero-order valence-corrected chi connectivity index (χ0v) is 23.5. The minimum absolute atomic E-state index is 0.0251. The number of ether oxygens (including phenoxy) is 1. The van der Waals surface area contributed by atoms with Crippen LogP contribution >= 0.6 is 0 Å². The smallest absolute Gasteiger partial charge is 0.251 e. The third-order valence-corrected chi connectivity index (χ3v) is 6.91. The molecule has 0 spiro atoms. The summed E-state index contributed by atoms with van der Waals surface area (Å²) in [7, 11) is 0. The van der Waals surface area contributed by atoms with E-state index in [4.69, 9.17) is 4.74 Å². The maximum Gasteiger partial charge on any atom is 0.251 e. The number of hydrogen-bond acceptors (Lipinski definition) is 3.